The Morgan fingerprint density at radius 2 is 1.95 bits per heavy atom. The number of nitro groups is 1. The molecular weight excluding hydrogens is 277 g/mol. The van der Waals surface area contributed by atoms with Gasteiger partial charge >= 0.3 is 5.69 Å². The maximum Gasteiger partial charge on any atom is 0.305 e. The third-order valence-electron chi connectivity index (χ3n) is 3.05. The van der Waals surface area contributed by atoms with Gasteiger partial charge in [0.1, 0.15) is 11.5 Å². The van der Waals surface area contributed by atoms with Crippen LogP contribution in [0, 0.1) is 15.9 Å². The van der Waals surface area contributed by atoms with Gasteiger partial charge in [-0.2, -0.15) is 4.39 Å². The highest BCUT2D eigenvalue weighted by atomic mass is 19.1. The molecule has 0 N–H and O–H groups in total. The third kappa shape index (κ3) is 2.40. The molecule has 0 saturated carbocycles. The van der Waals surface area contributed by atoms with Crippen LogP contribution in [0.1, 0.15) is 0 Å². The minimum absolute atomic E-state index is 0.188. The smallest absolute Gasteiger partial charge is 0.305 e. The summed E-state index contributed by atoms with van der Waals surface area (Å²) in [7, 11) is 1.88. The maximum atomic E-state index is 13.5. The number of hydrogen-bond donors (Lipinski definition) is 0. The lowest BCUT2D eigenvalue weighted by atomic mass is 10.2. The summed E-state index contributed by atoms with van der Waals surface area (Å²) in [5, 5.41) is 10.6. The monoisotopic (exact) mass is 287 g/mol. The molecule has 2 aromatic carbocycles. The van der Waals surface area contributed by atoms with Crippen molar-refractivity contribution >= 4 is 16.7 Å². The topological polar surface area (TPSA) is 70.2 Å². The van der Waals surface area contributed by atoms with Crippen LogP contribution in [0.5, 0.6) is 11.5 Å². The second-order valence-corrected chi connectivity index (χ2v) is 4.48. The molecular formula is C14H10FN3O3. The van der Waals surface area contributed by atoms with E-state index in [9.17, 15) is 14.5 Å². The summed E-state index contributed by atoms with van der Waals surface area (Å²) < 4.78 is 20.9. The molecule has 0 fully saturated rings. The number of aromatic nitrogens is 2. The zero-order valence-electron chi connectivity index (χ0n) is 11.0. The van der Waals surface area contributed by atoms with Gasteiger partial charge in [-0.15, -0.1) is 0 Å². The quantitative estimate of drug-likeness (QED) is 0.546. The number of fused-ring (bicyclic) bond motifs is 1. The normalized spacial score (nSPS) is 10.8. The summed E-state index contributed by atoms with van der Waals surface area (Å²) in [6, 6.07) is 8.69. The van der Waals surface area contributed by atoms with Crippen molar-refractivity contribution in [2.24, 2.45) is 7.05 Å². The first-order valence-electron chi connectivity index (χ1n) is 6.07. The molecule has 0 radical (unpaired) electrons. The van der Waals surface area contributed by atoms with E-state index < -0.39 is 16.4 Å². The van der Waals surface area contributed by atoms with Crippen LogP contribution in [0.3, 0.4) is 0 Å². The average Bonchev–Trinajstić information content (AvgIpc) is 2.80. The Kier molecular flexibility index (Phi) is 3.02. The second-order valence-electron chi connectivity index (χ2n) is 4.48. The van der Waals surface area contributed by atoms with E-state index in [0.29, 0.717) is 5.75 Å². The van der Waals surface area contributed by atoms with Gasteiger partial charge in [0.05, 0.1) is 22.3 Å². The predicted octanol–water partition coefficient (Wildman–Crippen LogP) is 3.41. The lowest BCUT2D eigenvalue weighted by molar-refractivity contribution is -0.387. The highest BCUT2D eigenvalue weighted by molar-refractivity contribution is 5.77. The van der Waals surface area contributed by atoms with Crippen molar-refractivity contribution in [3.05, 3.63) is 58.7 Å². The van der Waals surface area contributed by atoms with Crippen molar-refractivity contribution in [1.82, 2.24) is 9.55 Å². The lowest BCUT2D eigenvalue weighted by Gasteiger charge is -2.06. The molecule has 6 nitrogen and oxygen atoms in total. The van der Waals surface area contributed by atoms with Crippen LogP contribution in [0.4, 0.5) is 10.1 Å². The second kappa shape index (κ2) is 4.86. The van der Waals surface area contributed by atoms with Gasteiger partial charge in [0.25, 0.3) is 0 Å². The fraction of sp³-hybridized carbons (Fsp3) is 0.0714. The SMILES string of the molecule is Cn1cnc2cc(Oc3ccc([N+](=O)[O-])c(F)c3)ccc21. The zero-order valence-corrected chi connectivity index (χ0v) is 11.0. The number of nitro benzene ring substituents is 1. The predicted molar refractivity (Wildman–Crippen MR) is 73.8 cm³/mol. The first-order chi connectivity index (χ1) is 10.0. The first kappa shape index (κ1) is 13.0. The third-order valence-corrected chi connectivity index (χ3v) is 3.05. The van der Waals surface area contributed by atoms with Crippen LogP contribution in [0.15, 0.2) is 42.7 Å². The van der Waals surface area contributed by atoms with Gasteiger partial charge < -0.3 is 9.30 Å². The molecule has 1 aromatic heterocycles. The molecule has 0 atom stereocenters. The number of nitrogens with zero attached hydrogens (tertiary/aromatic N) is 3. The summed E-state index contributed by atoms with van der Waals surface area (Å²) in [4.78, 5) is 14.0. The molecule has 0 amide bonds. The van der Waals surface area contributed by atoms with Crippen molar-refractivity contribution in [2.75, 3.05) is 0 Å². The first-order valence-corrected chi connectivity index (χ1v) is 6.07. The largest absolute Gasteiger partial charge is 0.457 e. The van der Waals surface area contributed by atoms with E-state index in [2.05, 4.69) is 4.98 Å². The molecule has 3 aromatic rings. The van der Waals surface area contributed by atoms with Gasteiger partial charge in [0.2, 0.25) is 5.82 Å². The van der Waals surface area contributed by atoms with E-state index in [1.54, 1.807) is 18.5 Å². The Hall–Kier alpha value is -2.96. The van der Waals surface area contributed by atoms with E-state index in [4.69, 9.17) is 4.74 Å². The van der Waals surface area contributed by atoms with Gasteiger partial charge in [-0.25, -0.2) is 4.98 Å². The number of ether oxygens (including phenoxy) is 1. The molecule has 7 heteroatoms. The summed E-state index contributed by atoms with van der Waals surface area (Å²) in [6.07, 6.45) is 1.68. The van der Waals surface area contributed by atoms with Crippen molar-refractivity contribution in [1.29, 1.82) is 0 Å². The summed E-state index contributed by atoms with van der Waals surface area (Å²) in [6.45, 7) is 0. The van der Waals surface area contributed by atoms with Crippen LogP contribution in [-0.4, -0.2) is 14.5 Å². The summed E-state index contributed by atoms with van der Waals surface area (Å²) >= 11 is 0. The number of imidazole rings is 1. The van der Waals surface area contributed by atoms with Crippen LogP contribution >= 0.6 is 0 Å². The number of aryl methyl sites for hydroxylation is 1. The molecule has 0 aliphatic heterocycles. The van der Waals surface area contributed by atoms with Gasteiger partial charge in [-0.1, -0.05) is 0 Å². The van der Waals surface area contributed by atoms with Gasteiger partial charge in [0.15, 0.2) is 0 Å². The molecule has 3 rings (SSSR count). The van der Waals surface area contributed by atoms with Crippen molar-refractivity contribution in [2.45, 2.75) is 0 Å². The van der Waals surface area contributed by atoms with E-state index in [-0.39, 0.29) is 5.75 Å². The Labute approximate surface area is 118 Å². The van der Waals surface area contributed by atoms with E-state index in [1.807, 2.05) is 17.7 Å². The fourth-order valence-electron chi connectivity index (χ4n) is 2.01. The highest BCUT2D eigenvalue weighted by Crippen LogP contribution is 2.28. The lowest BCUT2D eigenvalue weighted by Crippen LogP contribution is -1.93. The van der Waals surface area contributed by atoms with Crippen molar-refractivity contribution < 1.29 is 14.1 Å². The standard InChI is InChI=1S/C14H10FN3O3/c1-17-8-16-12-7-10(3-5-14(12)17)21-9-2-4-13(18(19)20)11(15)6-9/h2-8H,1H3. The van der Waals surface area contributed by atoms with Crippen molar-refractivity contribution in [3.8, 4) is 11.5 Å². The minimum atomic E-state index is -0.934. The molecule has 0 spiro atoms. The van der Waals surface area contributed by atoms with Gasteiger partial charge in [0, 0.05) is 25.2 Å². The highest BCUT2D eigenvalue weighted by Gasteiger charge is 2.14. The van der Waals surface area contributed by atoms with Gasteiger partial charge in [-0.3, -0.25) is 10.1 Å². The van der Waals surface area contributed by atoms with Crippen LogP contribution in [0.25, 0.3) is 11.0 Å². The molecule has 1 heterocycles. The molecule has 0 saturated heterocycles. The Bertz CT molecular complexity index is 845. The van der Waals surface area contributed by atoms with E-state index in [0.717, 1.165) is 23.2 Å². The molecule has 106 valence electrons. The molecule has 21 heavy (non-hydrogen) atoms. The number of benzene rings is 2. The number of halogens is 1. The minimum Gasteiger partial charge on any atom is -0.457 e. The molecule has 0 aliphatic carbocycles. The summed E-state index contributed by atoms with van der Waals surface area (Å²) in [5.41, 5.74) is 1.11. The van der Waals surface area contributed by atoms with Gasteiger partial charge in [-0.05, 0) is 18.2 Å². The van der Waals surface area contributed by atoms with Crippen LogP contribution in [-0.2, 0) is 7.05 Å². The Morgan fingerprint density at radius 1 is 1.24 bits per heavy atom. The van der Waals surface area contributed by atoms with Crippen LogP contribution < -0.4 is 4.74 Å². The van der Waals surface area contributed by atoms with E-state index >= 15 is 0 Å². The van der Waals surface area contributed by atoms with Crippen molar-refractivity contribution in [3.63, 3.8) is 0 Å². The fourth-order valence-corrected chi connectivity index (χ4v) is 2.01. The molecule has 0 unspecified atom stereocenters. The molecule has 0 aliphatic rings. The Balaban J connectivity index is 1.91. The van der Waals surface area contributed by atoms with Crippen LogP contribution in [0.2, 0.25) is 0 Å². The summed E-state index contributed by atoms with van der Waals surface area (Å²) in [5.74, 6) is -0.265. The number of hydrogen-bond acceptors (Lipinski definition) is 4. The molecule has 0 bridgehead atoms. The average molecular weight is 287 g/mol. The maximum absolute atomic E-state index is 13.5. The van der Waals surface area contributed by atoms with E-state index in [1.165, 1.54) is 6.07 Å². The Morgan fingerprint density at radius 3 is 2.67 bits per heavy atom. The zero-order chi connectivity index (χ0) is 15.0. The number of rotatable bonds is 3.